The molecule has 0 radical (unpaired) electrons. The molecule has 0 unspecified atom stereocenters. The van der Waals surface area contributed by atoms with E-state index in [4.69, 9.17) is 0 Å². The van der Waals surface area contributed by atoms with Crippen LogP contribution in [0.5, 0.6) is 0 Å². The van der Waals surface area contributed by atoms with Crippen LogP contribution in [0.1, 0.15) is 16.1 Å². The van der Waals surface area contributed by atoms with Crippen molar-refractivity contribution in [3.8, 4) is 0 Å². The fourth-order valence-electron chi connectivity index (χ4n) is 3.04. The quantitative estimate of drug-likeness (QED) is 0.610. The zero-order valence-corrected chi connectivity index (χ0v) is 14.2. The Morgan fingerprint density at radius 1 is 1.15 bits per heavy atom. The Hall–Kier alpha value is -3.41. The molecular weight excluding hydrogens is 331 g/mol. The first-order chi connectivity index (χ1) is 12.6. The average Bonchev–Trinajstić information content (AvgIpc) is 3.24. The number of halogens is 1. The molecule has 5 nitrogen and oxygen atoms in total. The molecule has 6 heteroatoms. The lowest BCUT2D eigenvalue weighted by Gasteiger charge is -2.09. The van der Waals surface area contributed by atoms with Crippen molar-refractivity contribution in [3.05, 3.63) is 84.1 Å². The van der Waals surface area contributed by atoms with Gasteiger partial charge in [0, 0.05) is 30.5 Å². The summed E-state index contributed by atoms with van der Waals surface area (Å²) >= 11 is 0. The Labute approximate surface area is 149 Å². The molecule has 0 aliphatic heterocycles. The highest BCUT2D eigenvalue weighted by atomic mass is 19.1. The molecule has 0 fully saturated rings. The maximum Gasteiger partial charge on any atom is 0.272 e. The average molecular weight is 348 g/mol. The molecule has 0 aliphatic carbocycles. The SMILES string of the molecule is Cn1c(C(=O)Nc2cccc(Cn3cccn3)c2)cc2ccc(F)cc21. The van der Waals surface area contributed by atoms with Crippen molar-refractivity contribution in [1.29, 1.82) is 0 Å². The van der Waals surface area contributed by atoms with Crippen LogP contribution < -0.4 is 5.32 Å². The van der Waals surface area contributed by atoms with E-state index in [9.17, 15) is 9.18 Å². The maximum absolute atomic E-state index is 13.5. The normalized spacial score (nSPS) is 11.0. The fraction of sp³-hybridized carbons (Fsp3) is 0.100. The standard InChI is InChI=1S/C20H17FN4O/c1-24-18-12-16(21)7-6-15(18)11-19(24)20(26)23-17-5-2-4-14(10-17)13-25-9-3-8-22-25/h2-12H,13H2,1H3,(H,23,26). The van der Waals surface area contributed by atoms with Crippen molar-refractivity contribution in [1.82, 2.24) is 14.3 Å². The van der Waals surface area contributed by atoms with Gasteiger partial charge in [-0.25, -0.2) is 4.39 Å². The molecule has 1 N–H and O–H groups in total. The van der Waals surface area contributed by atoms with E-state index in [1.54, 1.807) is 29.9 Å². The molecule has 26 heavy (non-hydrogen) atoms. The number of carbonyl (C=O) groups excluding carboxylic acids is 1. The summed E-state index contributed by atoms with van der Waals surface area (Å²) in [5.41, 5.74) is 2.90. The first kappa shape index (κ1) is 16.1. The highest BCUT2D eigenvalue weighted by Gasteiger charge is 2.14. The number of hydrogen-bond acceptors (Lipinski definition) is 2. The Morgan fingerprint density at radius 2 is 2.04 bits per heavy atom. The predicted molar refractivity (Wildman–Crippen MR) is 98.6 cm³/mol. The lowest BCUT2D eigenvalue weighted by Crippen LogP contribution is -2.15. The molecule has 0 spiro atoms. The van der Waals surface area contributed by atoms with Gasteiger partial charge in [0.15, 0.2) is 0 Å². The number of hydrogen-bond donors (Lipinski definition) is 1. The number of carbonyl (C=O) groups is 1. The van der Waals surface area contributed by atoms with Gasteiger partial charge in [-0.1, -0.05) is 12.1 Å². The zero-order chi connectivity index (χ0) is 18.1. The molecule has 0 bridgehead atoms. The fourth-order valence-corrected chi connectivity index (χ4v) is 3.04. The van der Waals surface area contributed by atoms with Crippen molar-refractivity contribution in [3.63, 3.8) is 0 Å². The number of nitrogens with one attached hydrogen (secondary N) is 1. The summed E-state index contributed by atoms with van der Waals surface area (Å²) in [5.74, 6) is -0.558. The third-order valence-corrected chi connectivity index (χ3v) is 4.33. The number of rotatable bonds is 4. The summed E-state index contributed by atoms with van der Waals surface area (Å²) in [7, 11) is 1.75. The van der Waals surface area contributed by atoms with Crippen LogP contribution in [0.2, 0.25) is 0 Å². The predicted octanol–water partition coefficient (Wildman–Crippen LogP) is 3.81. The smallest absolute Gasteiger partial charge is 0.272 e. The molecular formula is C20H17FN4O. The maximum atomic E-state index is 13.5. The van der Waals surface area contributed by atoms with E-state index in [1.165, 1.54) is 12.1 Å². The van der Waals surface area contributed by atoms with Crippen molar-refractivity contribution in [2.45, 2.75) is 6.54 Å². The minimum absolute atomic E-state index is 0.236. The van der Waals surface area contributed by atoms with Gasteiger partial charge in [0.1, 0.15) is 11.5 Å². The summed E-state index contributed by atoms with van der Waals surface area (Å²) in [6, 6.07) is 15.8. The second-order valence-corrected chi connectivity index (χ2v) is 6.15. The lowest BCUT2D eigenvalue weighted by molar-refractivity contribution is 0.101. The molecule has 0 atom stereocenters. The highest BCUT2D eigenvalue weighted by molar-refractivity contribution is 6.06. The topological polar surface area (TPSA) is 51.9 Å². The summed E-state index contributed by atoms with van der Waals surface area (Å²) < 4.78 is 17.0. The Morgan fingerprint density at radius 3 is 2.85 bits per heavy atom. The van der Waals surface area contributed by atoms with Gasteiger partial charge in [0.2, 0.25) is 0 Å². The number of amides is 1. The van der Waals surface area contributed by atoms with E-state index < -0.39 is 0 Å². The van der Waals surface area contributed by atoms with E-state index in [2.05, 4.69) is 10.4 Å². The summed E-state index contributed by atoms with van der Waals surface area (Å²) in [6.07, 6.45) is 3.62. The molecule has 1 amide bonds. The van der Waals surface area contributed by atoms with Gasteiger partial charge < -0.3 is 9.88 Å². The van der Waals surface area contributed by atoms with Gasteiger partial charge in [-0.05, 0) is 48.0 Å². The first-order valence-corrected chi connectivity index (χ1v) is 8.23. The van der Waals surface area contributed by atoms with E-state index in [1.807, 2.05) is 41.2 Å². The Kier molecular flexibility index (Phi) is 4.01. The summed E-state index contributed by atoms with van der Waals surface area (Å²) in [6.45, 7) is 0.629. The molecule has 4 rings (SSSR count). The Balaban J connectivity index is 1.57. The van der Waals surface area contributed by atoms with E-state index in [0.717, 1.165) is 10.9 Å². The largest absolute Gasteiger partial charge is 0.340 e. The van der Waals surface area contributed by atoms with Crippen LogP contribution >= 0.6 is 0 Å². The van der Waals surface area contributed by atoms with Gasteiger partial charge in [-0.2, -0.15) is 5.10 Å². The molecule has 0 saturated carbocycles. The monoisotopic (exact) mass is 348 g/mol. The van der Waals surface area contributed by atoms with Gasteiger partial charge in [0.05, 0.1) is 12.1 Å². The third kappa shape index (κ3) is 3.09. The minimum atomic E-state index is -0.322. The van der Waals surface area contributed by atoms with Crippen molar-refractivity contribution < 1.29 is 9.18 Å². The van der Waals surface area contributed by atoms with Crippen molar-refractivity contribution in [2.24, 2.45) is 7.05 Å². The van der Waals surface area contributed by atoms with Crippen LogP contribution in [0.4, 0.5) is 10.1 Å². The molecule has 130 valence electrons. The molecule has 2 heterocycles. The van der Waals surface area contributed by atoms with Crippen LogP contribution in [-0.4, -0.2) is 20.3 Å². The highest BCUT2D eigenvalue weighted by Crippen LogP contribution is 2.21. The molecule has 4 aromatic rings. The summed E-state index contributed by atoms with van der Waals surface area (Å²) in [4.78, 5) is 12.7. The molecule has 0 aliphatic rings. The number of anilines is 1. The first-order valence-electron chi connectivity index (χ1n) is 8.23. The summed E-state index contributed by atoms with van der Waals surface area (Å²) in [5, 5.41) is 7.92. The number of aromatic nitrogens is 3. The molecule has 2 aromatic carbocycles. The van der Waals surface area contributed by atoms with E-state index in [-0.39, 0.29) is 11.7 Å². The zero-order valence-electron chi connectivity index (χ0n) is 14.2. The van der Waals surface area contributed by atoms with Crippen LogP contribution in [0, 0.1) is 5.82 Å². The van der Waals surface area contributed by atoms with Crippen LogP contribution in [0.15, 0.2) is 67.0 Å². The number of fused-ring (bicyclic) bond motifs is 1. The number of benzene rings is 2. The number of aryl methyl sites for hydroxylation is 1. The van der Waals surface area contributed by atoms with Crippen LogP contribution in [0.25, 0.3) is 10.9 Å². The van der Waals surface area contributed by atoms with E-state index >= 15 is 0 Å². The molecule has 0 saturated heterocycles. The second-order valence-electron chi connectivity index (χ2n) is 6.15. The van der Waals surface area contributed by atoms with Gasteiger partial charge in [-0.15, -0.1) is 0 Å². The lowest BCUT2D eigenvalue weighted by atomic mass is 10.2. The van der Waals surface area contributed by atoms with Crippen LogP contribution in [0.3, 0.4) is 0 Å². The third-order valence-electron chi connectivity index (χ3n) is 4.33. The molecule has 2 aromatic heterocycles. The van der Waals surface area contributed by atoms with E-state index in [0.29, 0.717) is 23.4 Å². The second kappa shape index (κ2) is 6.48. The Bertz CT molecular complexity index is 1080. The number of nitrogens with zero attached hydrogens (tertiary/aromatic N) is 3. The van der Waals surface area contributed by atoms with Crippen molar-refractivity contribution in [2.75, 3.05) is 5.32 Å². The van der Waals surface area contributed by atoms with Crippen molar-refractivity contribution >= 4 is 22.5 Å². The minimum Gasteiger partial charge on any atom is -0.340 e. The van der Waals surface area contributed by atoms with Gasteiger partial charge >= 0.3 is 0 Å². The van der Waals surface area contributed by atoms with Crippen LogP contribution in [-0.2, 0) is 13.6 Å². The van der Waals surface area contributed by atoms with Gasteiger partial charge in [-0.3, -0.25) is 9.48 Å². The van der Waals surface area contributed by atoms with Gasteiger partial charge in [0.25, 0.3) is 5.91 Å².